The number of amides is 1. The van der Waals surface area contributed by atoms with Gasteiger partial charge in [-0.15, -0.1) is 5.10 Å². The Bertz CT molecular complexity index is 611. The lowest BCUT2D eigenvalue weighted by molar-refractivity contribution is -0.0265. The van der Waals surface area contributed by atoms with Crippen molar-refractivity contribution >= 4 is 17.4 Å². The molecular formula is C12H16N6O2S. The van der Waals surface area contributed by atoms with Crippen LogP contribution in [0, 0.1) is 0 Å². The molecule has 1 atom stereocenters. The molecule has 1 saturated heterocycles. The summed E-state index contributed by atoms with van der Waals surface area (Å²) in [5, 5.41) is 10.8. The number of morpholine rings is 1. The SMILES string of the molecule is CC(C)c1n[nH]c([C@H]2CN(C(=O)c3cnns3)CCO2)n1. The molecule has 1 aliphatic rings. The molecule has 0 aliphatic carbocycles. The number of nitrogens with zero attached hydrogens (tertiary/aromatic N) is 5. The van der Waals surface area contributed by atoms with Gasteiger partial charge in [-0.05, 0) is 11.5 Å². The Balaban J connectivity index is 1.72. The van der Waals surface area contributed by atoms with E-state index in [0.717, 1.165) is 17.4 Å². The topological polar surface area (TPSA) is 96.9 Å². The van der Waals surface area contributed by atoms with Crippen LogP contribution in [-0.2, 0) is 4.74 Å². The normalized spacial score (nSPS) is 19.2. The third kappa shape index (κ3) is 2.93. The fraction of sp³-hybridized carbons (Fsp3) is 0.583. The highest BCUT2D eigenvalue weighted by Gasteiger charge is 2.29. The van der Waals surface area contributed by atoms with Crippen molar-refractivity contribution in [2.24, 2.45) is 0 Å². The zero-order valence-corrected chi connectivity index (χ0v) is 12.6. The molecule has 0 saturated carbocycles. The summed E-state index contributed by atoms with van der Waals surface area (Å²) in [5.41, 5.74) is 0. The van der Waals surface area contributed by atoms with E-state index in [2.05, 4.69) is 24.8 Å². The number of hydrogen-bond donors (Lipinski definition) is 1. The van der Waals surface area contributed by atoms with E-state index in [1.807, 2.05) is 13.8 Å². The number of aromatic nitrogens is 5. The van der Waals surface area contributed by atoms with Crippen LogP contribution in [0.2, 0.25) is 0 Å². The second kappa shape index (κ2) is 5.86. The molecule has 3 heterocycles. The van der Waals surface area contributed by atoms with Gasteiger partial charge in [0.1, 0.15) is 11.0 Å². The van der Waals surface area contributed by atoms with Crippen molar-refractivity contribution in [3.8, 4) is 0 Å². The lowest BCUT2D eigenvalue weighted by Gasteiger charge is -2.31. The van der Waals surface area contributed by atoms with Gasteiger partial charge >= 0.3 is 0 Å². The molecule has 0 unspecified atom stereocenters. The molecule has 112 valence electrons. The first-order valence-electron chi connectivity index (χ1n) is 6.75. The maximum Gasteiger partial charge on any atom is 0.267 e. The minimum absolute atomic E-state index is 0.0677. The van der Waals surface area contributed by atoms with Gasteiger partial charge in [-0.2, -0.15) is 5.10 Å². The van der Waals surface area contributed by atoms with Crippen molar-refractivity contribution in [2.75, 3.05) is 19.7 Å². The summed E-state index contributed by atoms with van der Waals surface area (Å²) < 4.78 is 9.42. The molecule has 1 fully saturated rings. The van der Waals surface area contributed by atoms with Gasteiger partial charge in [0.05, 0.1) is 19.3 Å². The molecule has 21 heavy (non-hydrogen) atoms. The summed E-state index contributed by atoms with van der Waals surface area (Å²) in [4.78, 5) is 19.0. The summed E-state index contributed by atoms with van der Waals surface area (Å²) in [5.74, 6) is 1.60. The third-order valence-corrected chi connectivity index (χ3v) is 3.92. The molecule has 0 aromatic carbocycles. The Labute approximate surface area is 125 Å². The highest BCUT2D eigenvalue weighted by Crippen LogP contribution is 2.22. The maximum absolute atomic E-state index is 12.3. The van der Waals surface area contributed by atoms with E-state index in [9.17, 15) is 4.79 Å². The van der Waals surface area contributed by atoms with Crippen molar-refractivity contribution in [3.63, 3.8) is 0 Å². The van der Waals surface area contributed by atoms with E-state index in [0.29, 0.717) is 30.4 Å². The molecule has 1 N–H and O–H groups in total. The smallest absolute Gasteiger partial charge is 0.267 e. The molecule has 3 rings (SSSR count). The fourth-order valence-electron chi connectivity index (χ4n) is 2.11. The Morgan fingerprint density at radius 2 is 2.43 bits per heavy atom. The van der Waals surface area contributed by atoms with E-state index in [-0.39, 0.29) is 17.9 Å². The lowest BCUT2D eigenvalue weighted by atomic mass is 10.2. The summed E-state index contributed by atoms with van der Waals surface area (Å²) in [6.07, 6.45) is 1.21. The van der Waals surface area contributed by atoms with Gasteiger partial charge in [0, 0.05) is 12.5 Å². The first kappa shape index (κ1) is 14.1. The van der Waals surface area contributed by atoms with Gasteiger partial charge in [0.15, 0.2) is 11.6 Å². The highest BCUT2D eigenvalue weighted by atomic mass is 32.1. The van der Waals surface area contributed by atoms with Gasteiger partial charge in [-0.1, -0.05) is 18.3 Å². The number of nitrogens with one attached hydrogen (secondary N) is 1. The summed E-state index contributed by atoms with van der Waals surface area (Å²) in [7, 11) is 0. The van der Waals surface area contributed by atoms with Crippen molar-refractivity contribution in [1.82, 2.24) is 29.7 Å². The van der Waals surface area contributed by atoms with Gasteiger partial charge in [0.25, 0.3) is 5.91 Å². The van der Waals surface area contributed by atoms with Crippen LogP contribution < -0.4 is 0 Å². The number of hydrogen-bond acceptors (Lipinski definition) is 7. The molecule has 1 amide bonds. The molecule has 8 nitrogen and oxygen atoms in total. The Hall–Kier alpha value is -1.87. The number of rotatable bonds is 3. The van der Waals surface area contributed by atoms with Crippen LogP contribution in [0.3, 0.4) is 0 Å². The number of carbonyl (C=O) groups excluding carboxylic acids is 1. The van der Waals surface area contributed by atoms with Gasteiger partial charge in [-0.3, -0.25) is 9.89 Å². The van der Waals surface area contributed by atoms with Crippen LogP contribution in [0.25, 0.3) is 0 Å². The van der Waals surface area contributed by atoms with Gasteiger partial charge in [0.2, 0.25) is 0 Å². The van der Waals surface area contributed by atoms with E-state index in [1.165, 1.54) is 6.20 Å². The van der Waals surface area contributed by atoms with E-state index >= 15 is 0 Å². The second-order valence-electron chi connectivity index (χ2n) is 5.13. The monoisotopic (exact) mass is 308 g/mol. The average molecular weight is 308 g/mol. The minimum atomic E-state index is -0.274. The summed E-state index contributed by atoms with van der Waals surface area (Å²) in [6, 6.07) is 0. The number of H-pyrrole nitrogens is 1. The van der Waals surface area contributed by atoms with Crippen molar-refractivity contribution in [3.05, 3.63) is 22.7 Å². The molecule has 2 aromatic rings. The van der Waals surface area contributed by atoms with Crippen LogP contribution in [0.5, 0.6) is 0 Å². The number of aromatic amines is 1. The Kier molecular flexibility index (Phi) is 3.93. The predicted molar refractivity (Wildman–Crippen MR) is 75.0 cm³/mol. The van der Waals surface area contributed by atoms with Crippen LogP contribution in [0.1, 0.15) is 47.2 Å². The quantitative estimate of drug-likeness (QED) is 0.908. The Morgan fingerprint density at radius 1 is 1.57 bits per heavy atom. The van der Waals surface area contributed by atoms with E-state index in [4.69, 9.17) is 4.74 Å². The first-order valence-corrected chi connectivity index (χ1v) is 7.53. The predicted octanol–water partition coefficient (Wildman–Crippen LogP) is 0.993. The zero-order valence-electron chi connectivity index (χ0n) is 11.8. The Morgan fingerprint density at radius 3 is 3.10 bits per heavy atom. The molecular weight excluding hydrogens is 292 g/mol. The average Bonchev–Trinajstić information content (AvgIpc) is 3.18. The lowest BCUT2D eigenvalue weighted by Crippen LogP contribution is -2.42. The summed E-state index contributed by atoms with van der Waals surface area (Å²) >= 11 is 1.10. The maximum atomic E-state index is 12.3. The number of carbonyl (C=O) groups is 1. The molecule has 2 aromatic heterocycles. The minimum Gasteiger partial charge on any atom is -0.367 e. The molecule has 0 bridgehead atoms. The molecule has 0 spiro atoms. The van der Waals surface area contributed by atoms with Crippen LogP contribution >= 0.6 is 11.5 Å². The van der Waals surface area contributed by atoms with Crippen LogP contribution in [-0.4, -0.2) is 55.3 Å². The molecule has 1 aliphatic heterocycles. The van der Waals surface area contributed by atoms with Gasteiger partial charge < -0.3 is 9.64 Å². The van der Waals surface area contributed by atoms with E-state index in [1.54, 1.807) is 4.90 Å². The second-order valence-corrected chi connectivity index (χ2v) is 5.91. The zero-order chi connectivity index (χ0) is 14.8. The van der Waals surface area contributed by atoms with Crippen LogP contribution in [0.15, 0.2) is 6.20 Å². The molecule has 9 heteroatoms. The summed E-state index contributed by atoms with van der Waals surface area (Å²) in [6.45, 7) is 5.53. The molecule has 0 radical (unpaired) electrons. The third-order valence-electron chi connectivity index (χ3n) is 3.27. The van der Waals surface area contributed by atoms with Crippen molar-refractivity contribution < 1.29 is 9.53 Å². The highest BCUT2D eigenvalue weighted by molar-refractivity contribution is 7.07. The largest absolute Gasteiger partial charge is 0.367 e. The van der Waals surface area contributed by atoms with E-state index < -0.39 is 0 Å². The van der Waals surface area contributed by atoms with Crippen molar-refractivity contribution in [2.45, 2.75) is 25.9 Å². The number of ether oxygens (including phenoxy) is 1. The van der Waals surface area contributed by atoms with Crippen LogP contribution in [0.4, 0.5) is 0 Å². The van der Waals surface area contributed by atoms with Gasteiger partial charge in [-0.25, -0.2) is 4.98 Å². The first-order chi connectivity index (χ1) is 10.1. The standard InChI is InChI=1S/C12H16N6O2S/c1-7(2)10-14-11(16-15-10)8-6-18(3-4-20-8)12(19)9-5-13-17-21-9/h5,7-8H,3-4,6H2,1-2H3,(H,14,15,16)/t8-/m1/s1. The van der Waals surface area contributed by atoms with Crippen molar-refractivity contribution in [1.29, 1.82) is 0 Å². The fourth-order valence-corrected chi connectivity index (χ4v) is 2.59.